The van der Waals surface area contributed by atoms with E-state index >= 15 is 0 Å². The molecule has 1 heterocycles. The minimum atomic E-state index is -0.418. The minimum Gasteiger partial charge on any atom is -0.500 e. The van der Waals surface area contributed by atoms with Crippen LogP contribution >= 0.6 is 0 Å². The third-order valence-corrected chi connectivity index (χ3v) is 3.70. The van der Waals surface area contributed by atoms with Crippen LogP contribution < -0.4 is 16.0 Å². The van der Waals surface area contributed by atoms with E-state index in [9.17, 15) is 9.90 Å². The molecule has 3 N–H and O–H groups in total. The van der Waals surface area contributed by atoms with E-state index in [1.54, 1.807) is 22.8 Å². The predicted molar refractivity (Wildman–Crippen MR) is 89.6 cm³/mol. The summed E-state index contributed by atoms with van der Waals surface area (Å²) in [5, 5.41) is 11.0. The standard InChI is InChI=1S/C17H24N2O3/c1-3-5-9-19-14-11-12(18)7-8-13(14)16(15(20)17(19)21)22-10-6-4-2/h7-8,11,20H,3-6,9-10,18H2,1-2H3. The second kappa shape index (κ2) is 7.20. The first-order valence-electron chi connectivity index (χ1n) is 7.87. The number of nitrogen functional groups attached to an aromatic ring is 1. The van der Waals surface area contributed by atoms with Gasteiger partial charge in [-0.1, -0.05) is 26.7 Å². The lowest BCUT2D eigenvalue weighted by molar-refractivity contribution is 0.294. The van der Waals surface area contributed by atoms with Crippen molar-refractivity contribution < 1.29 is 9.84 Å². The van der Waals surface area contributed by atoms with Gasteiger partial charge in [0.15, 0.2) is 5.75 Å². The van der Waals surface area contributed by atoms with Crippen LogP contribution in [0.15, 0.2) is 23.0 Å². The van der Waals surface area contributed by atoms with Gasteiger partial charge >= 0.3 is 0 Å². The molecule has 1 aromatic carbocycles. The fourth-order valence-electron chi connectivity index (χ4n) is 2.43. The van der Waals surface area contributed by atoms with Crippen molar-refractivity contribution in [3.05, 3.63) is 28.6 Å². The van der Waals surface area contributed by atoms with E-state index in [2.05, 4.69) is 13.8 Å². The number of anilines is 1. The number of pyridine rings is 1. The number of nitrogens with zero attached hydrogens (tertiary/aromatic N) is 1. The number of aromatic nitrogens is 1. The van der Waals surface area contributed by atoms with Gasteiger partial charge in [0.2, 0.25) is 5.75 Å². The lowest BCUT2D eigenvalue weighted by Crippen LogP contribution is -2.21. The Morgan fingerprint density at radius 1 is 1.23 bits per heavy atom. The molecule has 0 spiro atoms. The number of aromatic hydroxyl groups is 1. The lowest BCUT2D eigenvalue weighted by atomic mass is 10.1. The van der Waals surface area contributed by atoms with Gasteiger partial charge in [-0.3, -0.25) is 4.79 Å². The van der Waals surface area contributed by atoms with Gasteiger partial charge in [-0.05, 0) is 31.0 Å². The topological polar surface area (TPSA) is 77.5 Å². The van der Waals surface area contributed by atoms with Crippen LogP contribution in [0.5, 0.6) is 11.5 Å². The normalized spacial score (nSPS) is 11.0. The maximum atomic E-state index is 12.4. The molecule has 0 aliphatic rings. The average Bonchev–Trinajstić information content (AvgIpc) is 2.51. The number of unbranched alkanes of at least 4 members (excludes halogenated alkanes) is 2. The second-order valence-corrected chi connectivity index (χ2v) is 5.47. The molecule has 0 amide bonds. The van der Waals surface area contributed by atoms with E-state index in [1.807, 2.05) is 0 Å². The molecule has 0 aliphatic heterocycles. The Hall–Kier alpha value is -2.17. The Kier molecular flexibility index (Phi) is 5.31. The quantitative estimate of drug-likeness (QED) is 0.608. The molecule has 0 unspecified atom stereocenters. The molecule has 2 rings (SSSR count). The zero-order valence-electron chi connectivity index (χ0n) is 13.3. The smallest absolute Gasteiger partial charge is 0.297 e. The van der Waals surface area contributed by atoms with Gasteiger partial charge in [-0.2, -0.15) is 0 Å². The highest BCUT2D eigenvalue weighted by atomic mass is 16.5. The summed E-state index contributed by atoms with van der Waals surface area (Å²) in [6, 6.07) is 5.31. The van der Waals surface area contributed by atoms with Crippen molar-refractivity contribution in [2.45, 2.75) is 46.1 Å². The number of hydrogen-bond acceptors (Lipinski definition) is 4. The van der Waals surface area contributed by atoms with Crippen LogP contribution in [0.2, 0.25) is 0 Å². The maximum Gasteiger partial charge on any atom is 0.297 e. The monoisotopic (exact) mass is 304 g/mol. The summed E-state index contributed by atoms with van der Waals surface area (Å²) in [5.41, 5.74) is 6.74. The molecule has 5 heteroatoms. The summed E-state index contributed by atoms with van der Waals surface area (Å²) in [6.07, 6.45) is 3.68. The number of aryl methyl sites for hydroxylation is 1. The van der Waals surface area contributed by atoms with E-state index in [-0.39, 0.29) is 11.5 Å². The van der Waals surface area contributed by atoms with Crippen molar-refractivity contribution in [3.63, 3.8) is 0 Å². The fourth-order valence-corrected chi connectivity index (χ4v) is 2.43. The summed E-state index contributed by atoms with van der Waals surface area (Å²) < 4.78 is 7.25. The van der Waals surface area contributed by atoms with Crippen molar-refractivity contribution in [2.24, 2.45) is 0 Å². The summed E-state index contributed by atoms with van der Waals surface area (Å²) >= 11 is 0. The van der Waals surface area contributed by atoms with Crippen molar-refractivity contribution in [3.8, 4) is 11.5 Å². The minimum absolute atomic E-state index is 0.265. The molecule has 22 heavy (non-hydrogen) atoms. The van der Waals surface area contributed by atoms with Crippen molar-refractivity contribution in [1.82, 2.24) is 4.57 Å². The first-order valence-corrected chi connectivity index (χ1v) is 7.87. The summed E-state index contributed by atoms with van der Waals surface area (Å²) in [4.78, 5) is 12.4. The zero-order valence-corrected chi connectivity index (χ0v) is 13.3. The van der Waals surface area contributed by atoms with E-state index in [0.29, 0.717) is 24.4 Å². The number of fused-ring (bicyclic) bond motifs is 1. The van der Waals surface area contributed by atoms with Crippen LogP contribution in [0.3, 0.4) is 0 Å². The van der Waals surface area contributed by atoms with Crippen LogP contribution in [-0.2, 0) is 6.54 Å². The van der Waals surface area contributed by atoms with E-state index in [1.165, 1.54) is 0 Å². The number of rotatable bonds is 7. The molecule has 0 atom stereocenters. The highest BCUT2D eigenvalue weighted by Gasteiger charge is 2.17. The molecule has 0 saturated carbocycles. The number of nitrogens with two attached hydrogens (primary N) is 1. The van der Waals surface area contributed by atoms with Gasteiger partial charge in [0.05, 0.1) is 12.1 Å². The third kappa shape index (κ3) is 3.18. The Morgan fingerprint density at radius 3 is 2.64 bits per heavy atom. The Labute approximate surface area is 130 Å². The number of ether oxygens (including phenoxy) is 1. The molecule has 120 valence electrons. The van der Waals surface area contributed by atoms with Crippen molar-refractivity contribution in [1.29, 1.82) is 0 Å². The molecule has 0 radical (unpaired) electrons. The SMILES string of the molecule is CCCCOc1c(O)c(=O)n(CCCC)c2cc(N)ccc12. The summed E-state index contributed by atoms with van der Waals surface area (Å²) in [7, 11) is 0. The summed E-state index contributed by atoms with van der Waals surface area (Å²) in [5.74, 6) is -0.0503. The van der Waals surface area contributed by atoms with E-state index in [0.717, 1.165) is 31.1 Å². The average molecular weight is 304 g/mol. The number of benzene rings is 1. The van der Waals surface area contributed by atoms with Crippen LogP contribution in [0.25, 0.3) is 10.9 Å². The molecule has 0 aliphatic carbocycles. The Morgan fingerprint density at radius 2 is 1.95 bits per heavy atom. The molecule has 2 aromatic rings. The molecule has 0 fully saturated rings. The van der Waals surface area contributed by atoms with Gasteiger partial charge in [0.1, 0.15) is 0 Å². The summed E-state index contributed by atoms with van der Waals surface area (Å²) in [6.45, 7) is 5.15. The first kappa shape index (κ1) is 16.2. The molecule has 5 nitrogen and oxygen atoms in total. The van der Waals surface area contributed by atoms with Crippen LogP contribution in [0.4, 0.5) is 5.69 Å². The zero-order chi connectivity index (χ0) is 16.1. The van der Waals surface area contributed by atoms with Crippen molar-refractivity contribution in [2.75, 3.05) is 12.3 Å². The van der Waals surface area contributed by atoms with Gasteiger partial charge in [-0.15, -0.1) is 0 Å². The van der Waals surface area contributed by atoms with Gasteiger partial charge in [0, 0.05) is 17.6 Å². The predicted octanol–water partition coefficient (Wildman–Crippen LogP) is 3.27. The number of hydrogen-bond donors (Lipinski definition) is 2. The van der Waals surface area contributed by atoms with Crippen LogP contribution in [0.1, 0.15) is 39.5 Å². The highest BCUT2D eigenvalue weighted by Crippen LogP contribution is 2.33. The van der Waals surface area contributed by atoms with Gasteiger partial charge in [0.25, 0.3) is 5.56 Å². The largest absolute Gasteiger partial charge is 0.500 e. The molecular formula is C17H24N2O3. The molecule has 0 saturated heterocycles. The third-order valence-electron chi connectivity index (χ3n) is 3.70. The molecule has 1 aromatic heterocycles. The van der Waals surface area contributed by atoms with Crippen molar-refractivity contribution >= 4 is 16.6 Å². The van der Waals surface area contributed by atoms with E-state index in [4.69, 9.17) is 10.5 Å². The Balaban J connectivity index is 2.61. The highest BCUT2D eigenvalue weighted by molar-refractivity contribution is 5.89. The van der Waals surface area contributed by atoms with Gasteiger partial charge < -0.3 is 20.1 Å². The van der Waals surface area contributed by atoms with Gasteiger partial charge in [-0.25, -0.2) is 0 Å². The first-order chi connectivity index (χ1) is 10.6. The fraction of sp³-hybridized carbons (Fsp3) is 0.471. The second-order valence-electron chi connectivity index (χ2n) is 5.47. The van der Waals surface area contributed by atoms with E-state index < -0.39 is 5.56 Å². The maximum absolute atomic E-state index is 12.4. The molecule has 0 bridgehead atoms. The van der Waals surface area contributed by atoms with Crippen LogP contribution in [0, 0.1) is 0 Å². The van der Waals surface area contributed by atoms with Crippen LogP contribution in [-0.4, -0.2) is 16.3 Å². The molecular weight excluding hydrogens is 280 g/mol. The lowest BCUT2D eigenvalue weighted by Gasteiger charge is -2.16. The Bertz CT molecular complexity index is 707.